The Morgan fingerprint density at radius 2 is 1.95 bits per heavy atom. The van der Waals surface area contributed by atoms with Crippen LogP contribution in [0.5, 0.6) is 0 Å². The summed E-state index contributed by atoms with van der Waals surface area (Å²) in [7, 11) is 1.54. The van der Waals surface area contributed by atoms with Crippen LogP contribution in [0.2, 0.25) is 0 Å². The van der Waals surface area contributed by atoms with E-state index in [0.29, 0.717) is 5.56 Å². The quantitative estimate of drug-likeness (QED) is 0.916. The number of nitrogens with zero attached hydrogens (tertiary/aromatic N) is 1. The van der Waals surface area contributed by atoms with E-state index in [9.17, 15) is 13.2 Å². The van der Waals surface area contributed by atoms with E-state index in [1.165, 1.54) is 7.05 Å². The Morgan fingerprint density at radius 3 is 2.58 bits per heavy atom. The summed E-state index contributed by atoms with van der Waals surface area (Å²) in [6.07, 6.45) is -5.07. The summed E-state index contributed by atoms with van der Waals surface area (Å²) < 4.78 is 37.5. The van der Waals surface area contributed by atoms with Gasteiger partial charge in [-0.25, -0.2) is 0 Å². The first-order valence-corrected chi connectivity index (χ1v) is 6.00. The van der Waals surface area contributed by atoms with E-state index in [0.717, 1.165) is 16.6 Å². The Bertz CT molecular complexity index is 578. The molecule has 0 aliphatic rings. The molecule has 0 aliphatic carbocycles. The molecule has 0 fully saturated rings. The molecule has 1 heterocycles. The molecular formula is C14H15F3N2. The van der Waals surface area contributed by atoms with E-state index in [4.69, 9.17) is 0 Å². The summed E-state index contributed by atoms with van der Waals surface area (Å²) >= 11 is 0. The Balaban J connectivity index is 2.36. The minimum absolute atomic E-state index is 0.623. The zero-order chi connectivity index (χ0) is 14.0. The van der Waals surface area contributed by atoms with E-state index < -0.39 is 18.6 Å². The Kier molecular flexibility index (Phi) is 3.75. The van der Waals surface area contributed by atoms with Gasteiger partial charge in [0.1, 0.15) is 0 Å². The first-order chi connectivity index (χ1) is 8.89. The second-order valence-electron chi connectivity index (χ2n) is 4.57. The van der Waals surface area contributed by atoms with E-state index >= 15 is 0 Å². The van der Waals surface area contributed by atoms with Gasteiger partial charge in [-0.3, -0.25) is 4.98 Å². The summed E-state index contributed by atoms with van der Waals surface area (Å²) in [5.74, 6) is 0. The number of pyridine rings is 1. The van der Waals surface area contributed by atoms with E-state index in [1.54, 1.807) is 18.2 Å². The molecule has 1 N–H and O–H groups in total. The molecule has 0 aliphatic heterocycles. The molecule has 1 atom stereocenters. The normalized spacial score (nSPS) is 13.7. The minimum atomic E-state index is -4.19. The molecular weight excluding hydrogens is 253 g/mol. The standard InChI is InChI=1S/C14H15F3N2/c1-9-3-4-10-7-11(5-6-12(10)19-9)13(18-2)8-14(15,16)17/h3-7,13,18H,8H2,1-2H3. The molecule has 5 heteroatoms. The largest absolute Gasteiger partial charge is 0.390 e. The van der Waals surface area contributed by atoms with Gasteiger partial charge in [0.25, 0.3) is 0 Å². The van der Waals surface area contributed by atoms with Crippen LogP contribution >= 0.6 is 0 Å². The van der Waals surface area contributed by atoms with Crippen LogP contribution in [0.3, 0.4) is 0 Å². The first kappa shape index (κ1) is 13.8. The number of halogens is 3. The lowest BCUT2D eigenvalue weighted by Gasteiger charge is -2.18. The van der Waals surface area contributed by atoms with Crippen LogP contribution in [0.15, 0.2) is 30.3 Å². The monoisotopic (exact) mass is 268 g/mol. The maximum atomic E-state index is 12.5. The van der Waals surface area contributed by atoms with Crippen molar-refractivity contribution in [2.45, 2.75) is 25.6 Å². The van der Waals surface area contributed by atoms with Crippen molar-refractivity contribution >= 4 is 10.9 Å². The fourth-order valence-electron chi connectivity index (χ4n) is 2.08. The third-order valence-corrected chi connectivity index (χ3v) is 3.04. The minimum Gasteiger partial charge on any atom is -0.313 e. The van der Waals surface area contributed by atoms with Crippen LogP contribution in [-0.2, 0) is 0 Å². The topological polar surface area (TPSA) is 24.9 Å². The summed E-state index contributed by atoms with van der Waals surface area (Å²) in [6.45, 7) is 1.88. The van der Waals surface area contributed by atoms with Gasteiger partial charge >= 0.3 is 6.18 Å². The molecule has 0 bridgehead atoms. The number of benzene rings is 1. The molecule has 0 saturated carbocycles. The number of aryl methyl sites for hydroxylation is 1. The highest BCUT2D eigenvalue weighted by molar-refractivity contribution is 5.79. The maximum Gasteiger partial charge on any atom is 0.390 e. The van der Waals surface area contributed by atoms with Gasteiger partial charge in [0.05, 0.1) is 11.9 Å². The molecule has 0 saturated heterocycles. The highest BCUT2D eigenvalue weighted by Gasteiger charge is 2.31. The van der Waals surface area contributed by atoms with Crippen molar-refractivity contribution in [3.63, 3.8) is 0 Å². The van der Waals surface area contributed by atoms with Gasteiger partial charge in [-0.1, -0.05) is 12.1 Å². The Morgan fingerprint density at radius 1 is 1.21 bits per heavy atom. The molecule has 1 unspecified atom stereocenters. The SMILES string of the molecule is CNC(CC(F)(F)F)c1ccc2nc(C)ccc2c1. The van der Waals surface area contributed by atoms with Crippen LogP contribution in [0.4, 0.5) is 13.2 Å². The number of fused-ring (bicyclic) bond motifs is 1. The molecule has 19 heavy (non-hydrogen) atoms. The molecule has 0 radical (unpaired) electrons. The smallest absolute Gasteiger partial charge is 0.313 e. The van der Waals surface area contributed by atoms with Crippen LogP contribution in [0, 0.1) is 6.92 Å². The lowest BCUT2D eigenvalue weighted by molar-refractivity contribution is -0.140. The average Bonchev–Trinajstić information content (AvgIpc) is 2.34. The number of nitrogens with one attached hydrogen (secondary N) is 1. The van der Waals surface area contributed by atoms with Gasteiger partial charge in [0.15, 0.2) is 0 Å². The van der Waals surface area contributed by atoms with Crippen LogP contribution < -0.4 is 5.32 Å². The average molecular weight is 268 g/mol. The first-order valence-electron chi connectivity index (χ1n) is 6.00. The van der Waals surface area contributed by atoms with Gasteiger partial charge in [-0.15, -0.1) is 0 Å². The van der Waals surface area contributed by atoms with Crippen molar-refractivity contribution in [3.05, 3.63) is 41.6 Å². The maximum absolute atomic E-state index is 12.5. The van der Waals surface area contributed by atoms with Gasteiger partial charge in [-0.05, 0) is 37.7 Å². The number of rotatable bonds is 3. The Labute approximate surface area is 109 Å². The fraction of sp³-hybridized carbons (Fsp3) is 0.357. The molecule has 2 aromatic rings. The molecule has 1 aromatic heterocycles. The number of hydrogen-bond acceptors (Lipinski definition) is 2. The van der Waals surface area contributed by atoms with Crippen LogP contribution in [0.1, 0.15) is 23.7 Å². The van der Waals surface area contributed by atoms with Gasteiger partial charge < -0.3 is 5.32 Å². The third kappa shape index (κ3) is 3.44. The summed E-state index contributed by atoms with van der Waals surface area (Å²) in [5, 5.41) is 3.56. The van der Waals surface area contributed by atoms with E-state index in [1.807, 2.05) is 19.1 Å². The Hall–Kier alpha value is -1.62. The number of aromatic nitrogens is 1. The second-order valence-corrected chi connectivity index (χ2v) is 4.57. The predicted octanol–water partition coefficient (Wildman–Crippen LogP) is 3.76. The van der Waals surface area contributed by atoms with Crippen molar-refractivity contribution in [1.82, 2.24) is 10.3 Å². The molecule has 2 rings (SSSR count). The number of alkyl halides is 3. The van der Waals surface area contributed by atoms with Gasteiger partial charge in [0, 0.05) is 17.1 Å². The predicted molar refractivity (Wildman–Crippen MR) is 69.0 cm³/mol. The molecule has 0 amide bonds. The molecule has 1 aromatic carbocycles. The van der Waals surface area contributed by atoms with E-state index in [-0.39, 0.29) is 0 Å². The van der Waals surface area contributed by atoms with Crippen molar-refractivity contribution in [1.29, 1.82) is 0 Å². The zero-order valence-corrected chi connectivity index (χ0v) is 10.8. The molecule has 2 nitrogen and oxygen atoms in total. The van der Waals surface area contributed by atoms with E-state index in [2.05, 4.69) is 10.3 Å². The van der Waals surface area contributed by atoms with Crippen LogP contribution in [0.25, 0.3) is 10.9 Å². The van der Waals surface area contributed by atoms with Gasteiger partial charge in [-0.2, -0.15) is 13.2 Å². The summed E-state index contributed by atoms with van der Waals surface area (Å²) in [5.41, 5.74) is 2.31. The lowest BCUT2D eigenvalue weighted by atomic mass is 10.0. The second kappa shape index (κ2) is 5.17. The van der Waals surface area contributed by atoms with Gasteiger partial charge in [0.2, 0.25) is 0 Å². The fourth-order valence-corrected chi connectivity index (χ4v) is 2.08. The van der Waals surface area contributed by atoms with Crippen molar-refractivity contribution in [2.75, 3.05) is 7.05 Å². The molecule has 102 valence electrons. The van der Waals surface area contributed by atoms with Crippen molar-refractivity contribution < 1.29 is 13.2 Å². The third-order valence-electron chi connectivity index (χ3n) is 3.04. The summed E-state index contributed by atoms with van der Waals surface area (Å²) in [4.78, 5) is 4.33. The highest BCUT2D eigenvalue weighted by Crippen LogP contribution is 2.30. The molecule has 0 spiro atoms. The lowest BCUT2D eigenvalue weighted by Crippen LogP contribution is -2.23. The van der Waals surface area contributed by atoms with Crippen molar-refractivity contribution in [2.24, 2.45) is 0 Å². The number of hydrogen-bond donors (Lipinski definition) is 1. The zero-order valence-electron chi connectivity index (χ0n) is 10.8. The van der Waals surface area contributed by atoms with Crippen LogP contribution in [-0.4, -0.2) is 18.2 Å². The van der Waals surface area contributed by atoms with Crippen molar-refractivity contribution in [3.8, 4) is 0 Å². The highest BCUT2D eigenvalue weighted by atomic mass is 19.4. The summed E-state index contributed by atoms with van der Waals surface area (Å²) in [6, 6.07) is 8.21.